The van der Waals surface area contributed by atoms with Crippen molar-refractivity contribution in [2.24, 2.45) is 0 Å². The van der Waals surface area contributed by atoms with Crippen LogP contribution in [0.15, 0.2) is 0 Å². The second-order valence-corrected chi connectivity index (χ2v) is 6.49. The number of aryl methyl sites for hydroxylation is 1. The zero-order valence-corrected chi connectivity index (χ0v) is 13.2. The van der Waals surface area contributed by atoms with E-state index in [1.807, 2.05) is 0 Å². The van der Waals surface area contributed by atoms with Crippen molar-refractivity contribution in [3.05, 3.63) is 22.5 Å². The van der Waals surface area contributed by atoms with Crippen LogP contribution in [0.25, 0.3) is 0 Å². The molecule has 1 aliphatic carbocycles. The molecule has 6 heteroatoms. The van der Waals surface area contributed by atoms with Crippen LogP contribution >= 0.6 is 0 Å². The zero-order valence-electron chi connectivity index (χ0n) is 13.2. The molecular formula is C16H22N2O4. The number of Topliss-reactive ketones (excluding diaryl/α,β-unsaturated/α-hetero) is 1. The molecule has 0 spiro atoms. The Morgan fingerprint density at radius 3 is 2.59 bits per heavy atom. The SMILES string of the molecule is Cc1c(C(=O)NC(C)(C)CCC(=O)O)[nH]c2c1C(=O)CCC2. The molecule has 0 aromatic carbocycles. The van der Waals surface area contributed by atoms with Gasteiger partial charge in [-0.05, 0) is 45.6 Å². The van der Waals surface area contributed by atoms with Crippen LogP contribution < -0.4 is 5.32 Å². The van der Waals surface area contributed by atoms with E-state index in [1.54, 1.807) is 20.8 Å². The quantitative estimate of drug-likeness (QED) is 0.776. The van der Waals surface area contributed by atoms with E-state index in [0.717, 1.165) is 18.5 Å². The van der Waals surface area contributed by atoms with Gasteiger partial charge < -0.3 is 15.4 Å². The number of hydrogen-bond acceptors (Lipinski definition) is 3. The van der Waals surface area contributed by atoms with E-state index in [9.17, 15) is 14.4 Å². The van der Waals surface area contributed by atoms with Gasteiger partial charge in [0.05, 0.1) is 0 Å². The monoisotopic (exact) mass is 306 g/mol. The molecule has 120 valence electrons. The molecule has 0 saturated carbocycles. The molecule has 0 unspecified atom stereocenters. The van der Waals surface area contributed by atoms with Gasteiger partial charge >= 0.3 is 5.97 Å². The lowest BCUT2D eigenvalue weighted by molar-refractivity contribution is -0.137. The van der Waals surface area contributed by atoms with E-state index in [4.69, 9.17) is 5.11 Å². The van der Waals surface area contributed by atoms with Crippen LogP contribution in [0.4, 0.5) is 0 Å². The average Bonchev–Trinajstić information content (AvgIpc) is 2.75. The summed E-state index contributed by atoms with van der Waals surface area (Å²) < 4.78 is 0. The van der Waals surface area contributed by atoms with Crippen molar-refractivity contribution in [1.82, 2.24) is 10.3 Å². The van der Waals surface area contributed by atoms with Crippen molar-refractivity contribution >= 4 is 17.7 Å². The Morgan fingerprint density at radius 1 is 1.32 bits per heavy atom. The van der Waals surface area contributed by atoms with Crippen molar-refractivity contribution in [2.75, 3.05) is 0 Å². The number of fused-ring (bicyclic) bond motifs is 1. The van der Waals surface area contributed by atoms with E-state index in [1.165, 1.54) is 0 Å². The largest absolute Gasteiger partial charge is 0.481 e. The lowest BCUT2D eigenvalue weighted by Gasteiger charge is -2.25. The van der Waals surface area contributed by atoms with E-state index in [-0.39, 0.29) is 18.1 Å². The number of amides is 1. The molecule has 1 aromatic heterocycles. The Kier molecular flexibility index (Phi) is 4.39. The van der Waals surface area contributed by atoms with Gasteiger partial charge in [-0.2, -0.15) is 0 Å². The molecule has 3 N–H and O–H groups in total. The molecule has 0 bridgehead atoms. The number of carboxylic acids is 1. The second-order valence-electron chi connectivity index (χ2n) is 6.49. The Labute approximate surface area is 129 Å². The maximum atomic E-state index is 12.4. The number of carboxylic acid groups (broad SMARTS) is 1. The Bertz CT molecular complexity index is 628. The fourth-order valence-electron chi connectivity index (χ4n) is 2.85. The van der Waals surface area contributed by atoms with E-state index < -0.39 is 11.5 Å². The minimum atomic E-state index is -0.889. The van der Waals surface area contributed by atoms with Crippen LogP contribution in [-0.4, -0.2) is 33.3 Å². The average molecular weight is 306 g/mol. The summed E-state index contributed by atoms with van der Waals surface area (Å²) in [6, 6.07) is 0. The summed E-state index contributed by atoms with van der Waals surface area (Å²) in [4.78, 5) is 38.2. The van der Waals surface area contributed by atoms with Crippen LogP contribution in [0, 0.1) is 6.92 Å². The Balaban J connectivity index is 2.17. The fourth-order valence-corrected chi connectivity index (χ4v) is 2.85. The first-order valence-electron chi connectivity index (χ1n) is 7.50. The summed E-state index contributed by atoms with van der Waals surface area (Å²) >= 11 is 0. The predicted octanol–water partition coefficient (Wildman–Crippen LogP) is 2.22. The minimum absolute atomic E-state index is 0.00796. The lowest BCUT2D eigenvalue weighted by atomic mass is 9.93. The molecule has 2 rings (SSSR count). The normalized spacial score (nSPS) is 14.6. The van der Waals surface area contributed by atoms with E-state index in [0.29, 0.717) is 29.7 Å². The molecule has 1 amide bonds. The summed E-state index contributed by atoms with van der Waals surface area (Å²) in [7, 11) is 0. The first kappa shape index (κ1) is 16.3. The second kappa shape index (κ2) is 5.94. The number of carbonyl (C=O) groups is 3. The highest BCUT2D eigenvalue weighted by molar-refractivity contribution is 6.04. The predicted molar refractivity (Wildman–Crippen MR) is 81.2 cm³/mol. The van der Waals surface area contributed by atoms with Crippen molar-refractivity contribution in [3.63, 3.8) is 0 Å². The third kappa shape index (κ3) is 3.37. The summed E-state index contributed by atoms with van der Waals surface area (Å²) in [6.45, 7) is 5.35. The van der Waals surface area contributed by atoms with Crippen LogP contribution in [-0.2, 0) is 11.2 Å². The number of ketones is 1. The summed E-state index contributed by atoms with van der Waals surface area (Å²) in [5.41, 5.74) is 1.95. The molecule has 6 nitrogen and oxygen atoms in total. The topological polar surface area (TPSA) is 99.3 Å². The number of carbonyl (C=O) groups excluding carboxylic acids is 2. The van der Waals surface area contributed by atoms with Gasteiger partial charge in [0.1, 0.15) is 5.69 Å². The van der Waals surface area contributed by atoms with Crippen molar-refractivity contribution < 1.29 is 19.5 Å². The zero-order chi connectivity index (χ0) is 16.5. The first-order valence-corrected chi connectivity index (χ1v) is 7.50. The third-order valence-corrected chi connectivity index (χ3v) is 4.08. The number of rotatable bonds is 5. The van der Waals surface area contributed by atoms with Gasteiger partial charge in [0.2, 0.25) is 0 Å². The molecule has 0 fully saturated rings. The van der Waals surface area contributed by atoms with Gasteiger partial charge in [0.25, 0.3) is 5.91 Å². The van der Waals surface area contributed by atoms with Crippen molar-refractivity contribution in [1.29, 1.82) is 0 Å². The number of nitrogens with one attached hydrogen (secondary N) is 2. The number of aromatic amines is 1. The number of aliphatic carboxylic acids is 1. The fraction of sp³-hybridized carbons (Fsp3) is 0.562. The molecule has 1 aliphatic rings. The van der Waals surface area contributed by atoms with E-state index >= 15 is 0 Å². The maximum Gasteiger partial charge on any atom is 0.303 e. The summed E-state index contributed by atoms with van der Waals surface area (Å²) in [5, 5.41) is 11.6. The molecule has 1 aromatic rings. The van der Waals surface area contributed by atoms with Crippen LogP contribution in [0.1, 0.15) is 71.6 Å². The molecule has 0 saturated heterocycles. The Hall–Kier alpha value is -2.11. The van der Waals surface area contributed by atoms with Gasteiger partial charge in [-0.1, -0.05) is 0 Å². The highest BCUT2D eigenvalue weighted by Gasteiger charge is 2.29. The van der Waals surface area contributed by atoms with Crippen LogP contribution in [0.5, 0.6) is 0 Å². The van der Waals surface area contributed by atoms with Gasteiger partial charge in [0.15, 0.2) is 5.78 Å². The van der Waals surface area contributed by atoms with E-state index in [2.05, 4.69) is 10.3 Å². The Morgan fingerprint density at radius 2 is 2.00 bits per heavy atom. The van der Waals surface area contributed by atoms with Gasteiger partial charge in [-0.25, -0.2) is 0 Å². The molecule has 22 heavy (non-hydrogen) atoms. The van der Waals surface area contributed by atoms with Crippen LogP contribution in [0.3, 0.4) is 0 Å². The minimum Gasteiger partial charge on any atom is -0.481 e. The summed E-state index contributed by atoms with van der Waals surface area (Å²) in [6.07, 6.45) is 2.43. The van der Waals surface area contributed by atoms with Crippen molar-refractivity contribution in [3.8, 4) is 0 Å². The molecule has 0 atom stereocenters. The number of H-pyrrole nitrogens is 1. The third-order valence-electron chi connectivity index (χ3n) is 4.08. The van der Waals surface area contributed by atoms with Crippen LogP contribution in [0.2, 0.25) is 0 Å². The smallest absolute Gasteiger partial charge is 0.303 e. The molecule has 0 aliphatic heterocycles. The maximum absolute atomic E-state index is 12.4. The summed E-state index contributed by atoms with van der Waals surface area (Å²) in [5.74, 6) is -1.10. The van der Waals surface area contributed by atoms with Crippen molar-refractivity contribution in [2.45, 2.75) is 58.4 Å². The molecular weight excluding hydrogens is 284 g/mol. The van der Waals surface area contributed by atoms with Gasteiger partial charge in [0, 0.05) is 29.6 Å². The first-order chi connectivity index (χ1) is 10.2. The molecule has 1 heterocycles. The number of hydrogen-bond donors (Lipinski definition) is 3. The number of aromatic nitrogens is 1. The van der Waals surface area contributed by atoms with Gasteiger partial charge in [-0.15, -0.1) is 0 Å². The molecule has 0 radical (unpaired) electrons. The van der Waals surface area contributed by atoms with Gasteiger partial charge in [-0.3, -0.25) is 14.4 Å². The lowest BCUT2D eigenvalue weighted by Crippen LogP contribution is -2.44. The highest BCUT2D eigenvalue weighted by Crippen LogP contribution is 2.26. The highest BCUT2D eigenvalue weighted by atomic mass is 16.4. The standard InChI is InChI=1S/C16H22N2O4/c1-9-13-10(5-4-6-11(13)19)17-14(9)15(22)18-16(2,3)8-7-12(20)21/h17H,4-8H2,1-3H3,(H,18,22)(H,20,21).